The van der Waals surface area contributed by atoms with E-state index in [1.54, 1.807) is 0 Å². The fourth-order valence-corrected chi connectivity index (χ4v) is 2.33. The molecule has 2 unspecified atom stereocenters. The van der Waals surface area contributed by atoms with Gasteiger partial charge >= 0.3 is 6.18 Å². The first-order valence-corrected chi connectivity index (χ1v) is 5.90. The molecule has 1 fully saturated rings. The number of hydrogen-bond acceptors (Lipinski definition) is 4. The molecule has 1 aromatic rings. The first kappa shape index (κ1) is 11.8. The lowest BCUT2D eigenvalue weighted by Gasteiger charge is -2.26. The minimum absolute atomic E-state index is 0.0128. The minimum atomic E-state index is -4.28. The molecule has 1 aromatic heterocycles. The summed E-state index contributed by atoms with van der Waals surface area (Å²) in [5.41, 5.74) is 0. The molecular weight excluding hydrogens is 249 g/mol. The predicted molar refractivity (Wildman–Crippen MR) is 56.4 cm³/mol. The number of alkyl halides is 3. The van der Waals surface area contributed by atoms with E-state index >= 15 is 0 Å². The van der Waals surface area contributed by atoms with Gasteiger partial charge in [-0.05, 0) is 12.8 Å². The van der Waals surface area contributed by atoms with Crippen molar-refractivity contribution < 1.29 is 17.9 Å². The summed E-state index contributed by atoms with van der Waals surface area (Å²) in [5.74, 6) is 0.676. The van der Waals surface area contributed by atoms with Crippen LogP contribution in [0.5, 0.6) is 0 Å². The van der Waals surface area contributed by atoms with Crippen LogP contribution in [0.2, 0.25) is 0 Å². The van der Waals surface area contributed by atoms with Gasteiger partial charge in [-0.1, -0.05) is 0 Å². The summed E-state index contributed by atoms with van der Waals surface area (Å²) in [5, 5.41) is 6.88. The molecule has 0 aromatic carbocycles. The highest BCUT2D eigenvalue weighted by Gasteiger charge is 2.44. The highest BCUT2D eigenvalue weighted by molar-refractivity contribution is 5.29. The van der Waals surface area contributed by atoms with E-state index < -0.39 is 12.2 Å². The molecule has 1 N–H and O–H groups in total. The van der Waals surface area contributed by atoms with Crippen molar-refractivity contribution in [2.24, 2.45) is 0 Å². The van der Waals surface area contributed by atoms with Crippen LogP contribution in [0.4, 0.5) is 19.1 Å². The van der Waals surface area contributed by atoms with Crippen LogP contribution in [-0.2, 0) is 4.74 Å². The lowest BCUT2D eigenvalue weighted by molar-refractivity contribution is -0.171. The van der Waals surface area contributed by atoms with E-state index in [1.165, 1.54) is 0 Å². The van der Waals surface area contributed by atoms with Gasteiger partial charge < -0.3 is 10.1 Å². The molecule has 1 saturated heterocycles. The van der Waals surface area contributed by atoms with Crippen molar-refractivity contribution in [1.29, 1.82) is 0 Å². The molecule has 3 heterocycles. The van der Waals surface area contributed by atoms with Gasteiger partial charge in [0.1, 0.15) is 0 Å². The second-order valence-corrected chi connectivity index (χ2v) is 4.57. The normalized spacial score (nSPS) is 27.9. The molecule has 0 radical (unpaired) electrons. The third-order valence-electron chi connectivity index (χ3n) is 3.32. The molecule has 18 heavy (non-hydrogen) atoms. The number of nitrogens with one attached hydrogen (secondary N) is 1. The number of ether oxygens (including phenoxy) is 1. The van der Waals surface area contributed by atoms with Gasteiger partial charge in [0.05, 0.1) is 6.61 Å². The maximum atomic E-state index is 12.9. The fraction of sp³-hybridized carbons (Fsp3) is 0.800. The van der Waals surface area contributed by atoms with Gasteiger partial charge in [0.15, 0.2) is 11.9 Å². The summed E-state index contributed by atoms with van der Waals surface area (Å²) in [6.45, 7) is 1.37. The van der Waals surface area contributed by atoms with Crippen LogP contribution in [0.1, 0.15) is 30.6 Å². The third kappa shape index (κ3) is 1.94. The Hall–Kier alpha value is -1.31. The summed E-state index contributed by atoms with van der Waals surface area (Å²) in [6.07, 6.45) is -3.53. The highest BCUT2D eigenvalue weighted by atomic mass is 19.4. The molecule has 0 amide bonds. The van der Waals surface area contributed by atoms with Crippen molar-refractivity contribution in [3.8, 4) is 0 Å². The zero-order chi connectivity index (χ0) is 12.8. The molecule has 2 atom stereocenters. The molecule has 2 aliphatic heterocycles. The van der Waals surface area contributed by atoms with Gasteiger partial charge in [-0.2, -0.15) is 23.3 Å². The van der Waals surface area contributed by atoms with E-state index in [2.05, 4.69) is 15.4 Å². The van der Waals surface area contributed by atoms with Gasteiger partial charge in [0.25, 0.3) is 0 Å². The monoisotopic (exact) mass is 262 g/mol. The highest BCUT2D eigenvalue weighted by Crippen LogP contribution is 2.37. The lowest BCUT2D eigenvalue weighted by Crippen LogP contribution is -2.34. The maximum Gasteiger partial charge on any atom is 0.411 e. The van der Waals surface area contributed by atoms with E-state index in [9.17, 15) is 13.2 Å². The quantitative estimate of drug-likeness (QED) is 0.837. The Labute approximate surface area is 101 Å². The average molecular weight is 262 g/mol. The summed E-state index contributed by atoms with van der Waals surface area (Å²) < 4.78 is 44.8. The molecule has 0 saturated carbocycles. The Morgan fingerprint density at radius 2 is 2.17 bits per heavy atom. The van der Waals surface area contributed by atoms with Gasteiger partial charge in [0.2, 0.25) is 5.95 Å². The van der Waals surface area contributed by atoms with Crippen LogP contribution in [0.15, 0.2) is 0 Å². The maximum absolute atomic E-state index is 12.9. The number of nitrogens with zero attached hydrogens (tertiary/aromatic N) is 3. The smallest absolute Gasteiger partial charge is 0.381 e. The van der Waals surface area contributed by atoms with Crippen molar-refractivity contribution in [3.05, 3.63) is 5.82 Å². The van der Waals surface area contributed by atoms with Crippen LogP contribution in [-0.4, -0.2) is 40.7 Å². The predicted octanol–water partition coefficient (Wildman–Crippen LogP) is 1.70. The van der Waals surface area contributed by atoms with Crippen LogP contribution in [0.25, 0.3) is 0 Å². The van der Waals surface area contributed by atoms with Gasteiger partial charge in [-0.3, -0.25) is 0 Å². The largest absolute Gasteiger partial charge is 0.411 e. The van der Waals surface area contributed by atoms with E-state index in [4.69, 9.17) is 4.74 Å². The topological polar surface area (TPSA) is 52.0 Å². The SMILES string of the molecule is FC(F)(F)C1CCNc2nc(C3CCOC3)nn21. The molecule has 5 nitrogen and oxygen atoms in total. The molecule has 8 heteroatoms. The van der Waals surface area contributed by atoms with Crippen LogP contribution < -0.4 is 5.32 Å². The lowest BCUT2D eigenvalue weighted by atomic mass is 10.1. The van der Waals surface area contributed by atoms with E-state index in [-0.39, 0.29) is 24.8 Å². The Bertz CT molecular complexity index is 439. The summed E-state index contributed by atoms with van der Waals surface area (Å²) in [4.78, 5) is 4.16. The van der Waals surface area contributed by atoms with E-state index in [0.717, 1.165) is 11.1 Å². The Kier molecular flexibility index (Phi) is 2.69. The Balaban J connectivity index is 1.92. The molecule has 3 rings (SSSR count). The van der Waals surface area contributed by atoms with Crippen LogP contribution in [0, 0.1) is 0 Å². The standard InChI is InChI=1S/C10H13F3N4O/c11-10(12,13)7-1-3-14-9-15-8(16-17(7)9)6-2-4-18-5-6/h6-7H,1-5H2,(H,14,15,16). The first-order valence-electron chi connectivity index (χ1n) is 5.90. The van der Waals surface area contributed by atoms with Gasteiger partial charge in [-0.15, -0.1) is 0 Å². The second-order valence-electron chi connectivity index (χ2n) is 4.57. The Morgan fingerprint density at radius 3 is 2.83 bits per heavy atom. The fourth-order valence-electron chi connectivity index (χ4n) is 2.33. The number of hydrogen-bond donors (Lipinski definition) is 1. The number of halogens is 3. The zero-order valence-corrected chi connectivity index (χ0v) is 9.57. The van der Waals surface area contributed by atoms with Gasteiger partial charge in [0, 0.05) is 19.1 Å². The zero-order valence-electron chi connectivity index (χ0n) is 9.57. The molecular formula is C10H13F3N4O. The molecule has 0 spiro atoms. The van der Waals surface area contributed by atoms with Crippen LogP contribution in [0.3, 0.4) is 0 Å². The van der Waals surface area contributed by atoms with Crippen molar-refractivity contribution in [3.63, 3.8) is 0 Å². The minimum Gasteiger partial charge on any atom is -0.381 e. The van der Waals surface area contributed by atoms with Crippen molar-refractivity contribution in [1.82, 2.24) is 14.8 Å². The molecule has 100 valence electrons. The van der Waals surface area contributed by atoms with E-state index in [1.807, 2.05) is 0 Å². The second kappa shape index (κ2) is 4.11. The van der Waals surface area contributed by atoms with E-state index in [0.29, 0.717) is 19.0 Å². The van der Waals surface area contributed by atoms with Gasteiger partial charge in [-0.25, -0.2) is 4.68 Å². The first-order chi connectivity index (χ1) is 8.55. The number of fused-ring (bicyclic) bond motifs is 1. The number of rotatable bonds is 1. The number of aromatic nitrogens is 3. The average Bonchev–Trinajstić information content (AvgIpc) is 2.95. The number of anilines is 1. The van der Waals surface area contributed by atoms with Crippen molar-refractivity contribution in [2.75, 3.05) is 25.1 Å². The van der Waals surface area contributed by atoms with Crippen molar-refractivity contribution in [2.45, 2.75) is 31.0 Å². The Morgan fingerprint density at radius 1 is 1.33 bits per heavy atom. The molecule has 2 aliphatic rings. The third-order valence-corrected chi connectivity index (χ3v) is 3.32. The van der Waals surface area contributed by atoms with Crippen LogP contribution >= 0.6 is 0 Å². The molecule has 0 aliphatic carbocycles. The van der Waals surface area contributed by atoms with Crippen molar-refractivity contribution >= 4 is 5.95 Å². The summed E-state index contributed by atoms with van der Waals surface area (Å²) in [6, 6.07) is -1.57. The molecule has 0 bridgehead atoms. The summed E-state index contributed by atoms with van der Waals surface area (Å²) in [7, 11) is 0. The summed E-state index contributed by atoms with van der Waals surface area (Å²) >= 11 is 0.